The smallest absolute Gasteiger partial charge is 0.255 e. The van der Waals surface area contributed by atoms with E-state index in [4.69, 9.17) is 15.0 Å². The van der Waals surface area contributed by atoms with Crippen molar-refractivity contribution in [1.82, 2.24) is 10.5 Å². The first-order valence-electron chi connectivity index (χ1n) is 6.75. The van der Waals surface area contributed by atoms with Crippen LogP contribution in [0.2, 0.25) is 0 Å². The number of carbonyl (C=O) groups is 1. The molecule has 0 saturated carbocycles. The minimum Gasteiger partial charge on any atom is -0.488 e. The molecule has 120 valence electrons. The Kier molecular flexibility index (Phi) is 6.88. The minimum atomic E-state index is -0.199. The maximum absolute atomic E-state index is 12.0. The predicted molar refractivity (Wildman–Crippen MR) is 85.4 cm³/mol. The molecule has 0 fully saturated rings. The molecule has 6 nitrogen and oxygen atoms in total. The van der Waals surface area contributed by atoms with E-state index in [1.54, 1.807) is 18.2 Å². The van der Waals surface area contributed by atoms with Gasteiger partial charge in [-0.25, -0.2) is 0 Å². The lowest BCUT2D eigenvalue weighted by Gasteiger charge is -2.11. The van der Waals surface area contributed by atoms with Crippen LogP contribution >= 0.6 is 12.4 Å². The SMILES string of the molecule is Cc1noc(C)c1COc1ccccc1C(=O)NCCN.Cl. The predicted octanol–water partition coefficient (Wildman–Crippen LogP) is 1.98. The second kappa shape index (κ2) is 8.41. The highest BCUT2D eigenvalue weighted by atomic mass is 35.5. The first-order chi connectivity index (χ1) is 10.1. The zero-order valence-corrected chi connectivity index (χ0v) is 13.4. The van der Waals surface area contributed by atoms with Crippen LogP contribution in [0.1, 0.15) is 27.4 Å². The summed E-state index contributed by atoms with van der Waals surface area (Å²) in [6.45, 7) is 4.82. The lowest BCUT2D eigenvalue weighted by molar-refractivity contribution is 0.0950. The molecule has 0 spiro atoms. The summed E-state index contributed by atoms with van der Waals surface area (Å²) in [4.78, 5) is 12.0. The van der Waals surface area contributed by atoms with Gasteiger partial charge in [-0.2, -0.15) is 0 Å². The van der Waals surface area contributed by atoms with Crippen molar-refractivity contribution in [3.8, 4) is 5.75 Å². The van der Waals surface area contributed by atoms with Crippen LogP contribution in [0.15, 0.2) is 28.8 Å². The first kappa shape index (κ1) is 18.0. The number of nitrogens with one attached hydrogen (secondary N) is 1. The number of halogens is 1. The standard InChI is InChI=1S/C15H19N3O3.ClH/c1-10-13(11(2)21-18-10)9-20-14-6-4-3-5-12(14)15(19)17-8-7-16;/h3-6H,7-9,16H2,1-2H3,(H,17,19);1H. The fourth-order valence-corrected chi connectivity index (χ4v) is 1.92. The first-order valence-corrected chi connectivity index (χ1v) is 6.75. The summed E-state index contributed by atoms with van der Waals surface area (Å²) >= 11 is 0. The third-order valence-corrected chi connectivity index (χ3v) is 3.11. The zero-order valence-electron chi connectivity index (χ0n) is 12.6. The summed E-state index contributed by atoms with van der Waals surface area (Å²) in [6, 6.07) is 7.09. The maximum Gasteiger partial charge on any atom is 0.255 e. The Balaban J connectivity index is 0.00000242. The number of nitrogens with two attached hydrogens (primary N) is 1. The third kappa shape index (κ3) is 4.22. The number of aryl methyl sites for hydroxylation is 2. The Labute approximate surface area is 135 Å². The van der Waals surface area contributed by atoms with E-state index in [1.165, 1.54) is 0 Å². The molecule has 7 heteroatoms. The average molecular weight is 326 g/mol. The number of ether oxygens (including phenoxy) is 1. The summed E-state index contributed by atoms with van der Waals surface area (Å²) in [7, 11) is 0. The summed E-state index contributed by atoms with van der Waals surface area (Å²) in [5.41, 5.74) is 7.55. The van der Waals surface area contributed by atoms with Crippen LogP contribution in [-0.4, -0.2) is 24.2 Å². The van der Waals surface area contributed by atoms with Gasteiger partial charge in [-0.3, -0.25) is 4.79 Å². The molecule has 0 bridgehead atoms. The molecule has 3 N–H and O–H groups in total. The Morgan fingerprint density at radius 3 is 2.73 bits per heavy atom. The molecule has 2 aromatic rings. The Morgan fingerprint density at radius 1 is 1.36 bits per heavy atom. The Bertz CT molecular complexity index is 609. The number of carbonyl (C=O) groups excluding carboxylic acids is 1. The third-order valence-electron chi connectivity index (χ3n) is 3.11. The molecule has 1 aromatic carbocycles. The average Bonchev–Trinajstić information content (AvgIpc) is 2.82. The highest BCUT2D eigenvalue weighted by molar-refractivity contribution is 5.96. The molecule has 1 amide bonds. The largest absolute Gasteiger partial charge is 0.488 e. The van der Waals surface area contributed by atoms with Gasteiger partial charge in [-0.1, -0.05) is 17.3 Å². The number of aromatic nitrogens is 1. The van der Waals surface area contributed by atoms with E-state index in [9.17, 15) is 4.79 Å². The monoisotopic (exact) mass is 325 g/mol. The van der Waals surface area contributed by atoms with Crippen LogP contribution < -0.4 is 15.8 Å². The molecule has 0 atom stereocenters. The number of hydrogen-bond donors (Lipinski definition) is 2. The van der Waals surface area contributed by atoms with Gasteiger partial charge in [0.15, 0.2) is 0 Å². The topological polar surface area (TPSA) is 90.4 Å². The molecular weight excluding hydrogens is 306 g/mol. The summed E-state index contributed by atoms with van der Waals surface area (Å²) in [6.07, 6.45) is 0. The van der Waals surface area contributed by atoms with Crippen molar-refractivity contribution in [2.24, 2.45) is 5.73 Å². The van der Waals surface area contributed by atoms with Crippen LogP contribution in [0.3, 0.4) is 0 Å². The van der Waals surface area contributed by atoms with Gasteiger partial charge in [0.2, 0.25) is 0 Å². The van der Waals surface area contributed by atoms with E-state index < -0.39 is 0 Å². The van der Waals surface area contributed by atoms with Crippen LogP contribution in [0.5, 0.6) is 5.75 Å². The molecule has 2 rings (SSSR count). The van der Waals surface area contributed by atoms with Crippen molar-refractivity contribution >= 4 is 18.3 Å². The fourth-order valence-electron chi connectivity index (χ4n) is 1.92. The molecule has 0 radical (unpaired) electrons. The minimum absolute atomic E-state index is 0. The summed E-state index contributed by atoms with van der Waals surface area (Å²) in [5.74, 6) is 1.04. The van der Waals surface area contributed by atoms with Crippen molar-refractivity contribution < 1.29 is 14.1 Å². The normalized spacial score (nSPS) is 9.95. The van der Waals surface area contributed by atoms with Crippen molar-refractivity contribution in [2.45, 2.75) is 20.5 Å². The number of rotatable bonds is 6. The number of hydrogen-bond acceptors (Lipinski definition) is 5. The molecule has 0 saturated heterocycles. The molecule has 0 aliphatic carbocycles. The highest BCUT2D eigenvalue weighted by Gasteiger charge is 2.14. The van der Waals surface area contributed by atoms with Crippen molar-refractivity contribution in [3.05, 3.63) is 46.8 Å². The van der Waals surface area contributed by atoms with E-state index in [0.29, 0.717) is 31.0 Å². The number of amides is 1. The molecular formula is C15H20ClN3O3. The van der Waals surface area contributed by atoms with Crippen LogP contribution in [0, 0.1) is 13.8 Å². The molecule has 1 heterocycles. The summed E-state index contributed by atoms with van der Waals surface area (Å²) < 4.78 is 10.8. The van der Waals surface area contributed by atoms with E-state index in [0.717, 1.165) is 17.0 Å². The van der Waals surface area contributed by atoms with Gasteiger partial charge < -0.3 is 20.3 Å². The zero-order chi connectivity index (χ0) is 15.2. The quantitative estimate of drug-likeness (QED) is 0.847. The molecule has 22 heavy (non-hydrogen) atoms. The molecule has 1 aromatic heterocycles. The second-order valence-corrected chi connectivity index (χ2v) is 4.63. The fraction of sp³-hybridized carbons (Fsp3) is 0.333. The van der Waals surface area contributed by atoms with Gasteiger partial charge in [-0.15, -0.1) is 12.4 Å². The van der Waals surface area contributed by atoms with Crippen LogP contribution in [0.25, 0.3) is 0 Å². The Hall–Kier alpha value is -2.05. The lowest BCUT2D eigenvalue weighted by atomic mass is 10.2. The van der Waals surface area contributed by atoms with Gasteiger partial charge in [0, 0.05) is 13.1 Å². The summed E-state index contributed by atoms with van der Waals surface area (Å²) in [5, 5.41) is 6.61. The van der Waals surface area contributed by atoms with E-state index in [2.05, 4.69) is 10.5 Å². The van der Waals surface area contributed by atoms with Crippen molar-refractivity contribution in [3.63, 3.8) is 0 Å². The molecule has 0 aliphatic heterocycles. The molecule has 0 aliphatic rings. The van der Waals surface area contributed by atoms with Gasteiger partial charge in [0.25, 0.3) is 5.91 Å². The van der Waals surface area contributed by atoms with Gasteiger partial charge >= 0.3 is 0 Å². The van der Waals surface area contributed by atoms with Crippen LogP contribution in [0.4, 0.5) is 0 Å². The maximum atomic E-state index is 12.0. The van der Waals surface area contributed by atoms with Gasteiger partial charge in [-0.05, 0) is 26.0 Å². The molecule has 0 unspecified atom stereocenters. The van der Waals surface area contributed by atoms with Gasteiger partial charge in [0.05, 0.1) is 16.8 Å². The number of nitrogens with zero attached hydrogens (tertiary/aromatic N) is 1. The van der Waals surface area contributed by atoms with E-state index >= 15 is 0 Å². The lowest BCUT2D eigenvalue weighted by Crippen LogP contribution is -2.29. The Morgan fingerprint density at radius 2 is 2.09 bits per heavy atom. The highest BCUT2D eigenvalue weighted by Crippen LogP contribution is 2.21. The number of para-hydroxylation sites is 1. The van der Waals surface area contributed by atoms with Gasteiger partial charge in [0.1, 0.15) is 18.1 Å². The van der Waals surface area contributed by atoms with E-state index in [1.807, 2.05) is 19.9 Å². The van der Waals surface area contributed by atoms with Crippen LogP contribution in [-0.2, 0) is 6.61 Å². The second-order valence-electron chi connectivity index (χ2n) is 4.63. The number of benzene rings is 1. The van der Waals surface area contributed by atoms with E-state index in [-0.39, 0.29) is 18.3 Å². The van der Waals surface area contributed by atoms with Crippen molar-refractivity contribution in [2.75, 3.05) is 13.1 Å². The van der Waals surface area contributed by atoms with Crippen molar-refractivity contribution in [1.29, 1.82) is 0 Å².